The Morgan fingerprint density at radius 3 is 2.09 bits per heavy atom. The van der Waals surface area contributed by atoms with E-state index >= 15 is 0 Å². The van der Waals surface area contributed by atoms with Gasteiger partial charge in [0.25, 0.3) is 0 Å². The molecule has 0 aliphatic carbocycles. The first-order valence-corrected chi connectivity index (χ1v) is 15.1. The molecular formula is C16H37NO3Si2. The SMILES string of the molecule is CCO[Si](C)(C)CCCCN(CCCC(=O)OC)[Si](C)(C)C. The van der Waals surface area contributed by atoms with Crippen LogP contribution in [0.4, 0.5) is 0 Å². The minimum atomic E-state index is -1.43. The molecule has 0 radical (unpaired) electrons. The van der Waals surface area contributed by atoms with Gasteiger partial charge in [0.1, 0.15) is 8.24 Å². The smallest absolute Gasteiger partial charge is 0.305 e. The van der Waals surface area contributed by atoms with Crippen LogP contribution in [0.15, 0.2) is 0 Å². The van der Waals surface area contributed by atoms with Crippen LogP contribution in [-0.2, 0) is 14.0 Å². The summed E-state index contributed by atoms with van der Waals surface area (Å²) in [6, 6.07) is 1.24. The molecule has 0 aliphatic rings. The fourth-order valence-corrected chi connectivity index (χ4v) is 6.30. The Kier molecular flexibility index (Phi) is 10.5. The molecule has 0 amide bonds. The fraction of sp³-hybridized carbons (Fsp3) is 0.938. The van der Waals surface area contributed by atoms with E-state index in [4.69, 9.17) is 9.16 Å². The second-order valence-electron chi connectivity index (χ2n) is 7.49. The van der Waals surface area contributed by atoms with Crippen LogP contribution in [0.25, 0.3) is 0 Å². The van der Waals surface area contributed by atoms with Crippen molar-refractivity contribution in [2.75, 3.05) is 26.8 Å². The minimum absolute atomic E-state index is 0.0972. The lowest BCUT2D eigenvalue weighted by molar-refractivity contribution is -0.140. The molecule has 0 saturated heterocycles. The van der Waals surface area contributed by atoms with E-state index in [1.807, 2.05) is 0 Å². The lowest BCUT2D eigenvalue weighted by atomic mass is 10.3. The number of carbonyl (C=O) groups excluding carboxylic acids is 1. The van der Waals surface area contributed by atoms with Crippen molar-refractivity contribution in [1.29, 1.82) is 0 Å². The monoisotopic (exact) mass is 347 g/mol. The van der Waals surface area contributed by atoms with Gasteiger partial charge >= 0.3 is 5.97 Å². The summed E-state index contributed by atoms with van der Waals surface area (Å²) in [4.78, 5) is 11.2. The van der Waals surface area contributed by atoms with Crippen molar-refractivity contribution in [3.05, 3.63) is 0 Å². The van der Waals surface area contributed by atoms with E-state index < -0.39 is 16.6 Å². The van der Waals surface area contributed by atoms with E-state index in [0.29, 0.717) is 6.42 Å². The van der Waals surface area contributed by atoms with E-state index in [-0.39, 0.29) is 5.97 Å². The molecule has 0 unspecified atom stereocenters. The summed E-state index contributed by atoms with van der Waals surface area (Å²) < 4.78 is 13.2. The van der Waals surface area contributed by atoms with Crippen molar-refractivity contribution in [3.8, 4) is 0 Å². The molecule has 6 heteroatoms. The maximum atomic E-state index is 11.2. The standard InChI is InChI=1S/C16H37NO3Si2/c1-8-20-22(6,7)15-10-9-13-17(21(3,4)5)14-11-12-16(18)19-2/h8-15H2,1-7H3. The number of nitrogens with zero attached hydrogens (tertiary/aromatic N) is 1. The second-order valence-corrected chi connectivity index (χ2v) is 16.8. The number of ether oxygens (including phenoxy) is 1. The summed E-state index contributed by atoms with van der Waals surface area (Å²) in [6.07, 6.45) is 3.90. The van der Waals surface area contributed by atoms with Crippen molar-refractivity contribution in [2.24, 2.45) is 0 Å². The minimum Gasteiger partial charge on any atom is -0.469 e. The second kappa shape index (κ2) is 10.6. The first kappa shape index (κ1) is 21.8. The van der Waals surface area contributed by atoms with E-state index in [9.17, 15) is 4.79 Å². The maximum Gasteiger partial charge on any atom is 0.305 e. The third kappa shape index (κ3) is 10.5. The topological polar surface area (TPSA) is 38.8 Å². The molecule has 0 heterocycles. The molecule has 4 nitrogen and oxygen atoms in total. The van der Waals surface area contributed by atoms with Gasteiger partial charge in [-0.2, -0.15) is 0 Å². The van der Waals surface area contributed by atoms with Gasteiger partial charge in [-0.25, -0.2) is 0 Å². The van der Waals surface area contributed by atoms with Gasteiger partial charge in [0.15, 0.2) is 8.32 Å². The number of hydrogen-bond acceptors (Lipinski definition) is 4. The molecule has 0 rings (SSSR count). The van der Waals surface area contributed by atoms with Gasteiger partial charge < -0.3 is 13.7 Å². The van der Waals surface area contributed by atoms with Crippen LogP contribution < -0.4 is 0 Å². The first-order valence-electron chi connectivity index (χ1n) is 8.58. The van der Waals surface area contributed by atoms with Crippen molar-refractivity contribution < 1.29 is 14.0 Å². The molecule has 22 heavy (non-hydrogen) atoms. The average molecular weight is 348 g/mol. The number of esters is 1. The highest BCUT2D eigenvalue weighted by Crippen LogP contribution is 2.17. The van der Waals surface area contributed by atoms with Crippen molar-refractivity contribution in [1.82, 2.24) is 4.57 Å². The maximum absolute atomic E-state index is 11.2. The summed E-state index contributed by atoms with van der Waals surface area (Å²) in [5.41, 5.74) is 0. The average Bonchev–Trinajstić information content (AvgIpc) is 2.39. The van der Waals surface area contributed by atoms with Gasteiger partial charge in [0.05, 0.1) is 7.11 Å². The molecule has 0 N–H and O–H groups in total. The predicted octanol–water partition coefficient (Wildman–Crippen LogP) is 4.10. The molecule has 0 aromatic rings. The van der Waals surface area contributed by atoms with Crippen molar-refractivity contribution in [2.45, 2.75) is 71.4 Å². The summed E-state index contributed by atoms with van der Waals surface area (Å²) in [5, 5.41) is 0. The fourth-order valence-electron chi connectivity index (χ4n) is 2.62. The zero-order chi connectivity index (χ0) is 17.2. The Bertz CT molecular complexity index is 317. The molecule has 0 fully saturated rings. The Morgan fingerprint density at radius 2 is 1.59 bits per heavy atom. The van der Waals surface area contributed by atoms with Crippen LogP contribution in [0.2, 0.25) is 38.8 Å². The highest BCUT2D eigenvalue weighted by Gasteiger charge is 2.24. The Balaban J connectivity index is 4.14. The summed E-state index contributed by atoms with van der Waals surface area (Å²) in [7, 11) is -1.29. The predicted molar refractivity (Wildman–Crippen MR) is 99.3 cm³/mol. The van der Waals surface area contributed by atoms with Crippen LogP contribution >= 0.6 is 0 Å². The lowest BCUT2D eigenvalue weighted by Crippen LogP contribution is -2.47. The van der Waals surface area contributed by atoms with Crippen LogP contribution in [0.3, 0.4) is 0 Å². The summed E-state index contributed by atoms with van der Waals surface area (Å²) in [5.74, 6) is -0.0972. The molecule has 0 aromatic heterocycles. The number of methoxy groups -OCH3 is 1. The normalized spacial score (nSPS) is 12.7. The molecular weight excluding hydrogens is 310 g/mol. The Morgan fingerprint density at radius 1 is 1.00 bits per heavy atom. The summed E-state index contributed by atoms with van der Waals surface area (Å²) >= 11 is 0. The number of unbranched alkanes of at least 4 members (excludes halogenated alkanes) is 1. The molecule has 0 bridgehead atoms. The van der Waals surface area contributed by atoms with Gasteiger partial charge in [-0.3, -0.25) is 4.79 Å². The van der Waals surface area contributed by atoms with Gasteiger partial charge in [-0.1, -0.05) is 26.1 Å². The van der Waals surface area contributed by atoms with Gasteiger partial charge in [-0.15, -0.1) is 0 Å². The van der Waals surface area contributed by atoms with E-state index in [0.717, 1.165) is 26.1 Å². The van der Waals surface area contributed by atoms with Gasteiger partial charge in [-0.05, 0) is 52.0 Å². The number of rotatable bonds is 12. The van der Waals surface area contributed by atoms with Crippen LogP contribution in [0.5, 0.6) is 0 Å². The van der Waals surface area contributed by atoms with Crippen LogP contribution in [0, 0.1) is 0 Å². The third-order valence-electron chi connectivity index (χ3n) is 3.98. The summed E-state index contributed by atoms with van der Waals surface area (Å²) in [6.45, 7) is 16.8. The van der Waals surface area contributed by atoms with E-state index in [1.54, 1.807) is 0 Å². The van der Waals surface area contributed by atoms with E-state index in [1.165, 1.54) is 26.0 Å². The highest BCUT2D eigenvalue weighted by molar-refractivity contribution is 6.73. The Labute approximate surface area is 139 Å². The molecule has 0 aromatic carbocycles. The van der Waals surface area contributed by atoms with Crippen molar-refractivity contribution >= 4 is 22.5 Å². The van der Waals surface area contributed by atoms with Gasteiger partial charge in [0, 0.05) is 13.0 Å². The molecule has 132 valence electrons. The van der Waals surface area contributed by atoms with Crippen LogP contribution in [-0.4, -0.2) is 53.9 Å². The van der Waals surface area contributed by atoms with Crippen molar-refractivity contribution in [3.63, 3.8) is 0 Å². The molecule has 0 saturated carbocycles. The Hall–Kier alpha value is -0.176. The quantitative estimate of drug-likeness (QED) is 0.303. The number of hydrogen-bond donors (Lipinski definition) is 0. The largest absolute Gasteiger partial charge is 0.469 e. The van der Waals surface area contributed by atoms with Crippen LogP contribution in [0.1, 0.15) is 32.6 Å². The first-order chi connectivity index (χ1) is 10.1. The zero-order valence-corrected chi connectivity index (χ0v) is 17.8. The third-order valence-corrected chi connectivity index (χ3v) is 8.95. The van der Waals surface area contributed by atoms with E-state index in [2.05, 4.69) is 44.2 Å². The molecule has 0 spiro atoms. The lowest BCUT2D eigenvalue weighted by Gasteiger charge is -2.34. The zero-order valence-electron chi connectivity index (χ0n) is 15.8. The number of carbonyl (C=O) groups is 1. The highest BCUT2D eigenvalue weighted by atomic mass is 28.4. The van der Waals surface area contributed by atoms with Gasteiger partial charge in [0.2, 0.25) is 0 Å². The molecule has 0 atom stereocenters. The molecule has 0 aliphatic heterocycles.